The lowest BCUT2D eigenvalue weighted by Crippen LogP contribution is -1.89. The molecular weight excluding hydrogens is 280 g/mol. The van der Waals surface area contributed by atoms with Gasteiger partial charge in [0.2, 0.25) is 0 Å². The molecule has 0 aliphatic heterocycles. The Balaban J connectivity index is 0. The molecule has 0 amide bonds. The van der Waals surface area contributed by atoms with Crippen molar-refractivity contribution in [1.82, 2.24) is 9.55 Å². The number of hydrogen-bond donors (Lipinski definition) is 0. The summed E-state index contributed by atoms with van der Waals surface area (Å²) in [5.41, 5.74) is 2.28. The van der Waals surface area contributed by atoms with Crippen molar-refractivity contribution in [3.05, 3.63) is 42.2 Å². The van der Waals surface area contributed by atoms with Gasteiger partial charge in [-0.3, -0.25) is 0 Å². The smallest absolute Gasteiger partial charge is 0.106 e. The molecular formula is C21H36N2. The minimum atomic E-state index is 1.06. The van der Waals surface area contributed by atoms with Crippen LogP contribution in [0.3, 0.4) is 0 Å². The van der Waals surface area contributed by atoms with Crippen molar-refractivity contribution in [2.75, 3.05) is 0 Å². The number of imidazole rings is 1. The summed E-state index contributed by atoms with van der Waals surface area (Å²) in [7, 11) is 2.06. The van der Waals surface area contributed by atoms with Gasteiger partial charge in [0.1, 0.15) is 5.82 Å². The second-order valence-corrected chi connectivity index (χ2v) is 3.91. The number of aryl methyl sites for hydroxylation is 2. The van der Waals surface area contributed by atoms with Gasteiger partial charge in [-0.25, -0.2) is 4.98 Å². The first-order chi connectivity index (χ1) is 11.3. The van der Waals surface area contributed by atoms with Gasteiger partial charge < -0.3 is 4.57 Å². The Kier molecular flexibility index (Phi) is 14.1. The van der Waals surface area contributed by atoms with E-state index in [1.54, 1.807) is 0 Å². The highest BCUT2D eigenvalue weighted by Crippen LogP contribution is 2.22. The van der Waals surface area contributed by atoms with E-state index in [-0.39, 0.29) is 0 Å². The lowest BCUT2D eigenvalue weighted by molar-refractivity contribution is 0.886. The fourth-order valence-corrected chi connectivity index (χ4v) is 2.00. The summed E-state index contributed by atoms with van der Waals surface area (Å²) in [5, 5.41) is 2.52. The second-order valence-electron chi connectivity index (χ2n) is 3.91. The fraction of sp³-hybridized carbons (Fsp3) is 0.476. The number of nitrogens with zero attached hydrogens (tertiary/aromatic N) is 2. The van der Waals surface area contributed by atoms with E-state index < -0.39 is 0 Å². The molecule has 1 heterocycles. The third kappa shape index (κ3) is 6.05. The van der Waals surface area contributed by atoms with Crippen LogP contribution in [0.25, 0.3) is 21.8 Å². The van der Waals surface area contributed by atoms with Gasteiger partial charge in [0.05, 0.1) is 11.0 Å². The van der Waals surface area contributed by atoms with Crippen molar-refractivity contribution in [2.24, 2.45) is 7.05 Å². The Morgan fingerprint density at radius 1 is 0.739 bits per heavy atom. The monoisotopic (exact) mass is 316 g/mol. The SMILES string of the molecule is CC.CC.CC.CC.Cc1nc2cc3ccccc3cc2n1C. The minimum absolute atomic E-state index is 1.06. The average molecular weight is 317 g/mol. The van der Waals surface area contributed by atoms with Crippen LogP contribution in [0, 0.1) is 6.92 Å². The molecule has 130 valence electrons. The highest BCUT2D eigenvalue weighted by atomic mass is 15.0. The fourth-order valence-electron chi connectivity index (χ4n) is 2.00. The van der Waals surface area contributed by atoms with E-state index in [4.69, 9.17) is 0 Å². The Bertz CT molecular complexity index is 651. The van der Waals surface area contributed by atoms with Crippen LogP contribution in [0.15, 0.2) is 36.4 Å². The van der Waals surface area contributed by atoms with E-state index in [1.807, 2.05) is 62.3 Å². The summed E-state index contributed by atoms with van der Waals surface area (Å²) < 4.78 is 2.13. The van der Waals surface area contributed by atoms with Crippen LogP contribution in [0.2, 0.25) is 0 Å². The molecule has 0 unspecified atom stereocenters. The lowest BCUT2D eigenvalue weighted by Gasteiger charge is -1.99. The summed E-state index contributed by atoms with van der Waals surface area (Å²) in [6.07, 6.45) is 0. The number of aromatic nitrogens is 2. The summed E-state index contributed by atoms with van der Waals surface area (Å²) in [4.78, 5) is 4.53. The first-order valence-electron chi connectivity index (χ1n) is 9.07. The molecule has 0 aliphatic carbocycles. The molecule has 2 aromatic carbocycles. The van der Waals surface area contributed by atoms with E-state index in [2.05, 4.69) is 53.0 Å². The van der Waals surface area contributed by atoms with Gasteiger partial charge in [0.25, 0.3) is 0 Å². The highest BCUT2D eigenvalue weighted by molar-refractivity contribution is 5.95. The lowest BCUT2D eigenvalue weighted by atomic mass is 10.1. The standard InChI is InChI=1S/C13H12N2.4C2H6/c1-9-14-12-7-10-5-3-4-6-11(10)8-13(12)15(9)2;4*1-2/h3-8H,1-2H3;4*1-2H3. The van der Waals surface area contributed by atoms with Crippen LogP contribution in [0.5, 0.6) is 0 Å². The predicted octanol–water partition coefficient (Wildman–Crippen LogP) is 7.14. The van der Waals surface area contributed by atoms with Gasteiger partial charge in [-0.15, -0.1) is 0 Å². The van der Waals surface area contributed by atoms with Crippen LogP contribution in [-0.2, 0) is 7.05 Å². The Hall–Kier alpha value is -1.83. The first-order valence-corrected chi connectivity index (χ1v) is 9.07. The van der Waals surface area contributed by atoms with Crippen molar-refractivity contribution in [1.29, 1.82) is 0 Å². The predicted molar refractivity (Wildman–Crippen MR) is 108 cm³/mol. The summed E-state index contributed by atoms with van der Waals surface area (Å²) in [6.45, 7) is 18.0. The number of fused-ring (bicyclic) bond motifs is 2. The first kappa shape index (κ1) is 23.4. The van der Waals surface area contributed by atoms with E-state index in [9.17, 15) is 0 Å². The van der Waals surface area contributed by atoms with Crippen molar-refractivity contribution >= 4 is 21.8 Å². The topological polar surface area (TPSA) is 17.8 Å². The van der Waals surface area contributed by atoms with E-state index >= 15 is 0 Å². The molecule has 0 spiro atoms. The Morgan fingerprint density at radius 2 is 1.17 bits per heavy atom. The summed E-state index contributed by atoms with van der Waals surface area (Å²) in [6, 6.07) is 12.7. The quantitative estimate of drug-likeness (QED) is 0.431. The Labute approximate surface area is 143 Å². The largest absolute Gasteiger partial charge is 0.331 e. The molecule has 23 heavy (non-hydrogen) atoms. The van der Waals surface area contributed by atoms with Crippen molar-refractivity contribution in [2.45, 2.75) is 62.3 Å². The molecule has 0 saturated carbocycles. The van der Waals surface area contributed by atoms with E-state index in [0.29, 0.717) is 0 Å². The minimum Gasteiger partial charge on any atom is -0.331 e. The number of benzene rings is 2. The Morgan fingerprint density at radius 3 is 1.65 bits per heavy atom. The molecule has 1 aromatic heterocycles. The molecule has 0 bridgehead atoms. The van der Waals surface area contributed by atoms with Crippen molar-refractivity contribution in [3.8, 4) is 0 Å². The van der Waals surface area contributed by atoms with Gasteiger partial charge in [0.15, 0.2) is 0 Å². The summed E-state index contributed by atoms with van der Waals surface area (Å²) >= 11 is 0. The van der Waals surface area contributed by atoms with Gasteiger partial charge in [-0.2, -0.15) is 0 Å². The van der Waals surface area contributed by atoms with Gasteiger partial charge in [-0.1, -0.05) is 79.7 Å². The number of rotatable bonds is 0. The zero-order valence-electron chi connectivity index (χ0n) is 16.9. The zero-order valence-corrected chi connectivity index (χ0v) is 16.9. The molecule has 0 radical (unpaired) electrons. The second kappa shape index (κ2) is 13.8. The highest BCUT2D eigenvalue weighted by Gasteiger charge is 2.04. The molecule has 2 nitrogen and oxygen atoms in total. The van der Waals surface area contributed by atoms with Gasteiger partial charge in [-0.05, 0) is 29.8 Å². The summed E-state index contributed by atoms with van der Waals surface area (Å²) in [5.74, 6) is 1.06. The van der Waals surface area contributed by atoms with Gasteiger partial charge >= 0.3 is 0 Å². The van der Waals surface area contributed by atoms with Crippen LogP contribution in [-0.4, -0.2) is 9.55 Å². The third-order valence-corrected chi connectivity index (χ3v) is 2.97. The van der Waals surface area contributed by atoms with Crippen molar-refractivity contribution < 1.29 is 0 Å². The molecule has 0 atom stereocenters. The zero-order chi connectivity index (χ0) is 18.4. The maximum Gasteiger partial charge on any atom is 0.106 e. The third-order valence-electron chi connectivity index (χ3n) is 2.97. The molecule has 0 saturated heterocycles. The molecule has 0 aliphatic rings. The van der Waals surface area contributed by atoms with Crippen LogP contribution < -0.4 is 0 Å². The molecule has 3 aromatic rings. The van der Waals surface area contributed by atoms with Gasteiger partial charge in [0, 0.05) is 7.05 Å². The molecule has 0 fully saturated rings. The van der Waals surface area contributed by atoms with Crippen LogP contribution in [0.4, 0.5) is 0 Å². The maximum atomic E-state index is 4.53. The van der Waals surface area contributed by atoms with Crippen molar-refractivity contribution in [3.63, 3.8) is 0 Å². The van der Waals surface area contributed by atoms with Crippen LogP contribution >= 0.6 is 0 Å². The average Bonchev–Trinajstić information content (AvgIpc) is 2.93. The molecule has 3 rings (SSSR count). The molecule has 2 heteroatoms. The van der Waals surface area contributed by atoms with Crippen LogP contribution in [0.1, 0.15) is 61.2 Å². The maximum absolute atomic E-state index is 4.53. The number of hydrogen-bond acceptors (Lipinski definition) is 1. The molecule has 0 N–H and O–H groups in total. The van der Waals surface area contributed by atoms with E-state index in [1.165, 1.54) is 16.3 Å². The normalized spacial score (nSPS) is 8.43. The van der Waals surface area contributed by atoms with E-state index in [0.717, 1.165) is 11.3 Å².